The summed E-state index contributed by atoms with van der Waals surface area (Å²) in [6, 6.07) is 3.77. The molecule has 2 atom stereocenters. The Morgan fingerprint density at radius 3 is 2.40 bits per heavy atom. The molecule has 0 saturated carbocycles. The second kappa shape index (κ2) is 4.42. The van der Waals surface area contributed by atoms with Gasteiger partial charge in [0, 0.05) is 11.0 Å². The number of anilines is 1. The van der Waals surface area contributed by atoms with Gasteiger partial charge in [-0.15, -0.1) is 0 Å². The maximum atomic E-state index is 12.1. The average Bonchev–Trinajstić information content (AvgIpc) is 2.98. The topological polar surface area (TPSA) is 55.4 Å². The van der Waals surface area contributed by atoms with Gasteiger partial charge in [-0.05, 0) is 36.1 Å². The van der Waals surface area contributed by atoms with Crippen LogP contribution in [0.3, 0.4) is 0 Å². The first-order valence-corrected chi connectivity index (χ1v) is 7.00. The molecule has 3 rings (SSSR count). The number of fused-ring (bicyclic) bond motifs is 5. The Kier molecular flexibility index (Phi) is 2.94. The fraction of sp³-hybridized carbons (Fsp3) is 0.500. The van der Waals surface area contributed by atoms with Crippen LogP contribution in [0.1, 0.15) is 67.3 Å². The van der Waals surface area contributed by atoms with Crippen molar-refractivity contribution in [3.63, 3.8) is 0 Å². The summed E-state index contributed by atoms with van der Waals surface area (Å²) in [5.41, 5.74) is 2.86. The van der Waals surface area contributed by atoms with Gasteiger partial charge in [0.05, 0.1) is 17.9 Å². The van der Waals surface area contributed by atoms with Gasteiger partial charge in [0.1, 0.15) is 0 Å². The van der Waals surface area contributed by atoms with E-state index in [0.717, 1.165) is 30.3 Å². The molecule has 20 heavy (non-hydrogen) atoms. The van der Waals surface area contributed by atoms with E-state index in [9.17, 15) is 9.59 Å². The molecule has 1 aromatic carbocycles. The van der Waals surface area contributed by atoms with E-state index < -0.39 is 5.41 Å². The number of carbonyl (C=O) groups excluding carboxylic acids is 2. The lowest BCUT2D eigenvalue weighted by molar-refractivity contribution is -0.123. The fourth-order valence-electron chi connectivity index (χ4n) is 2.82. The third-order valence-electron chi connectivity index (χ3n) is 4.02. The number of ether oxygens (including phenoxy) is 1. The molecule has 1 N–H and O–H groups in total. The van der Waals surface area contributed by atoms with Gasteiger partial charge in [-0.25, -0.2) is 0 Å². The molecule has 0 aromatic heterocycles. The van der Waals surface area contributed by atoms with E-state index in [4.69, 9.17) is 4.74 Å². The van der Waals surface area contributed by atoms with Crippen molar-refractivity contribution >= 4 is 17.9 Å². The summed E-state index contributed by atoms with van der Waals surface area (Å²) in [6.45, 7) is 5.55. The molecule has 2 heterocycles. The highest BCUT2D eigenvalue weighted by Gasteiger charge is 2.38. The summed E-state index contributed by atoms with van der Waals surface area (Å²) in [4.78, 5) is 23.4. The quantitative estimate of drug-likeness (QED) is 0.840. The summed E-state index contributed by atoms with van der Waals surface area (Å²) in [5.74, 6) is -0.0929. The molecule has 1 amide bonds. The molecule has 2 aliphatic rings. The highest BCUT2D eigenvalue weighted by Crippen LogP contribution is 2.51. The predicted octanol–water partition coefficient (Wildman–Crippen LogP) is 3.39. The van der Waals surface area contributed by atoms with Crippen molar-refractivity contribution in [2.45, 2.75) is 45.8 Å². The number of hydrogen-bond acceptors (Lipinski definition) is 3. The Labute approximate surface area is 118 Å². The van der Waals surface area contributed by atoms with Gasteiger partial charge in [0.15, 0.2) is 6.29 Å². The highest BCUT2D eigenvalue weighted by molar-refractivity contribution is 5.99. The lowest BCUT2D eigenvalue weighted by Crippen LogP contribution is -2.28. The maximum absolute atomic E-state index is 12.1. The Morgan fingerprint density at radius 1 is 1.25 bits per heavy atom. The molecule has 2 aliphatic heterocycles. The van der Waals surface area contributed by atoms with Gasteiger partial charge in [-0.3, -0.25) is 9.59 Å². The number of benzene rings is 1. The first-order valence-electron chi connectivity index (χ1n) is 7.00. The van der Waals surface area contributed by atoms with Gasteiger partial charge in [-0.2, -0.15) is 0 Å². The molecular formula is C16H19NO3. The van der Waals surface area contributed by atoms with E-state index in [0.29, 0.717) is 11.3 Å². The summed E-state index contributed by atoms with van der Waals surface area (Å²) in [7, 11) is 0. The van der Waals surface area contributed by atoms with E-state index >= 15 is 0 Å². The zero-order valence-electron chi connectivity index (χ0n) is 12.0. The van der Waals surface area contributed by atoms with Crippen molar-refractivity contribution in [3.05, 3.63) is 28.8 Å². The zero-order valence-corrected chi connectivity index (χ0v) is 12.0. The summed E-state index contributed by atoms with van der Waals surface area (Å²) >= 11 is 0. The second-order valence-electron chi connectivity index (χ2n) is 6.58. The first-order chi connectivity index (χ1) is 9.40. The number of amides is 1. The minimum absolute atomic E-state index is 0.0929. The molecular weight excluding hydrogens is 254 g/mol. The molecule has 4 heteroatoms. The van der Waals surface area contributed by atoms with Crippen LogP contribution in [0.4, 0.5) is 5.69 Å². The number of nitrogens with one attached hydrogen (secondary N) is 1. The van der Waals surface area contributed by atoms with Crippen molar-refractivity contribution in [1.29, 1.82) is 0 Å². The molecule has 0 radical (unpaired) electrons. The Hall–Kier alpha value is -1.68. The standard InChI is InChI=1S/C16H19NO3/c1-16(2,3)15(19)17-12-7-11-10(6-9(12)8-18)13-4-5-14(11)20-13/h6-8,13-14H,4-5H2,1-3H3,(H,17,19). The van der Waals surface area contributed by atoms with Crippen LogP contribution in [-0.4, -0.2) is 12.2 Å². The van der Waals surface area contributed by atoms with Crippen LogP contribution in [0.5, 0.6) is 0 Å². The number of aldehydes is 1. The Bertz CT molecular complexity index is 586. The third kappa shape index (κ3) is 2.04. The smallest absolute Gasteiger partial charge is 0.229 e. The molecule has 0 aliphatic carbocycles. The predicted molar refractivity (Wildman–Crippen MR) is 75.7 cm³/mol. The normalized spacial score (nSPS) is 23.6. The van der Waals surface area contributed by atoms with Gasteiger partial charge >= 0.3 is 0 Å². The molecule has 1 fully saturated rings. The number of carbonyl (C=O) groups is 2. The van der Waals surface area contributed by atoms with Crippen molar-refractivity contribution < 1.29 is 14.3 Å². The molecule has 1 saturated heterocycles. The molecule has 1 aromatic rings. The average molecular weight is 273 g/mol. The Balaban J connectivity index is 1.98. The first kappa shape index (κ1) is 13.3. The summed E-state index contributed by atoms with van der Waals surface area (Å²) in [6.07, 6.45) is 3.08. The number of hydrogen-bond donors (Lipinski definition) is 1. The SMILES string of the molecule is CC(C)(C)C(=O)Nc1cc2c(cc1C=O)C1CCC2O1. The molecule has 106 valence electrons. The van der Waals surface area contributed by atoms with Crippen LogP contribution in [0, 0.1) is 5.41 Å². The van der Waals surface area contributed by atoms with Crippen LogP contribution < -0.4 is 5.32 Å². The van der Waals surface area contributed by atoms with Crippen molar-refractivity contribution in [3.8, 4) is 0 Å². The fourth-order valence-corrected chi connectivity index (χ4v) is 2.82. The Morgan fingerprint density at radius 2 is 1.85 bits per heavy atom. The minimum atomic E-state index is -0.491. The zero-order chi connectivity index (χ0) is 14.5. The minimum Gasteiger partial charge on any atom is -0.366 e. The van der Waals surface area contributed by atoms with E-state index in [-0.39, 0.29) is 18.1 Å². The number of rotatable bonds is 2. The van der Waals surface area contributed by atoms with Crippen LogP contribution >= 0.6 is 0 Å². The van der Waals surface area contributed by atoms with Gasteiger partial charge in [-0.1, -0.05) is 20.8 Å². The van der Waals surface area contributed by atoms with E-state index in [1.54, 1.807) is 0 Å². The van der Waals surface area contributed by atoms with Crippen LogP contribution in [0.15, 0.2) is 12.1 Å². The van der Waals surface area contributed by atoms with E-state index in [2.05, 4.69) is 5.32 Å². The van der Waals surface area contributed by atoms with Crippen molar-refractivity contribution in [2.24, 2.45) is 5.41 Å². The molecule has 0 spiro atoms. The lowest BCUT2D eigenvalue weighted by atomic mass is 9.89. The summed E-state index contributed by atoms with van der Waals surface area (Å²) < 4.78 is 5.84. The van der Waals surface area contributed by atoms with E-state index in [1.807, 2.05) is 32.9 Å². The van der Waals surface area contributed by atoms with Crippen molar-refractivity contribution in [2.75, 3.05) is 5.32 Å². The molecule has 4 nitrogen and oxygen atoms in total. The van der Waals surface area contributed by atoms with Crippen LogP contribution in [0.2, 0.25) is 0 Å². The highest BCUT2D eigenvalue weighted by atomic mass is 16.5. The monoisotopic (exact) mass is 273 g/mol. The van der Waals surface area contributed by atoms with Crippen molar-refractivity contribution in [1.82, 2.24) is 0 Å². The van der Waals surface area contributed by atoms with Gasteiger partial charge < -0.3 is 10.1 Å². The summed E-state index contributed by atoms with van der Waals surface area (Å²) in [5, 5.41) is 2.86. The van der Waals surface area contributed by atoms with Crippen LogP contribution in [0.25, 0.3) is 0 Å². The van der Waals surface area contributed by atoms with Gasteiger partial charge in [0.2, 0.25) is 5.91 Å². The maximum Gasteiger partial charge on any atom is 0.229 e. The van der Waals surface area contributed by atoms with Gasteiger partial charge in [0.25, 0.3) is 0 Å². The second-order valence-corrected chi connectivity index (χ2v) is 6.58. The van der Waals surface area contributed by atoms with Crippen LogP contribution in [-0.2, 0) is 9.53 Å². The molecule has 2 bridgehead atoms. The third-order valence-corrected chi connectivity index (χ3v) is 4.02. The lowest BCUT2D eigenvalue weighted by Gasteiger charge is -2.20. The molecule has 2 unspecified atom stereocenters. The van der Waals surface area contributed by atoms with E-state index in [1.165, 1.54) is 0 Å². The largest absolute Gasteiger partial charge is 0.366 e.